The number of nitrogens with zero attached hydrogens (tertiary/aromatic N) is 1. The molecule has 2 atom stereocenters. The first kappa shape index (κ1) is 16.4. The maximum absolute atomic E-state index is 6.20. The van der Waals surface area contributed by atoms with E-state index in [2.05, 4.69) is 89.3 Å². The number of rotatable bonds is 4. The molecule has 2 nitrogen and oxygen atoms in total. The number of halogens is 1. The fraction of sp³-hybridized carbons (Fsp3) is 0.300. The summed E-state index contributed by atoms with van der Waals surface area (Å²) >= 11 is 3.67. The molecule has 0 aromatic heterocycles. The van der Waals surface area contributed by atoms with E-state index in [1.54, 1.807) is 0 Å². The number of ether oxygens (including phenoxy) is 1. The minimum absolute atomic E-state index is 0.0219. The number of benzene rings is 2. The molecule has 1 heterocycles. The van der Waals surface area contributed by atoms with Gasteiger partial charge in [-0.3, -0.25) is 4.90 Å². The molecule has 2 aromatic rings. The molecule has 23 heavy (non-hydrogen) atoms. The summed E-state index contributed by atoms with van der Waals surface area (Å²) in [5.41, 5.74) is 3.83. The van der Waals surface area contributed by atoms with E-state index in [0.717, 1.165) is 11.0 Å². The minimum atomic E-state index is -0.0219. The zero-order valence-corrected chi connectivity index (χ0v) is 15.2. The third kappa shape index (κ3) is 3.74. The van der Waals surface area contributed by atoms with Crippen LogP contribution in [-0.4, -0.2) is 18.1 Å². The molecule has 0 radical (unpaired) electrons. The van der Waals surface area contributed by atoms with Gasteiger partial charge in [-0.05, 0) is 25.5 Å². The maximum atomic E-state index is 6.20. The highest BCUT2D eigenvalue weighted by Crippen LogP contribution is 2.40. The van der Waals surface area contributed by atoms with Crippen LogP contribution in [0.2, 0.25) is 0 Å². The molecule has 3 heteroatoms. The first-order valence-electron chi connectivity index (χ1n) is 7.97. The van der Waals surface area contributed by atoms with Crippen molar-refractivity contribution in [2.75, 3.05) is 13.2 Å². The summed E-state index contributed by atoms with van der Waals surface area (Å²) in [6, 6.07) is 19.2. The molecule has 0 amide bonds. The highest BCUT2D eigenvalue weighted by molar-refractivity contribution is 9.10. The Morgan fingerprint density at radius 3 is 2.52 bits per heavy atom. The molecule has 1 aliphatic rings. The average molecular weight is 372 g/mol. The lowest BCUT2D eigenvalue weighted by Gasteiger charge is -2.28. The van der Waals surface area contributed by atoms with Gasteiger partial charge in [0, 0.05) is 16.6 Å². The Morgan fingerprint density at radius 2 is 1.83 bits per heavy atom. The Balaban J connectivity index is 1.94. The molecule has 0 saturated carbocycles. The van der Waals surface area contributed by atoms with E-state index in [1.807, 2.05) is 6.07 Å². The van der Waals surface area contributed by atoms with E-state index < -0.39 is 0 Å². The van der Waals surface area contributed by atoms with Gasteiger partial charge >= 0.3 is 0 Å². The van der Waals surface area contributed by atoms with Crippen LogP contribution in [0.25, 0.3) is 0 Å². The van der Waals surface area contributed by atoms with Gasteiger partial charge < -0.3 is 4.74 Å². The van der Waals surface area contributed by atoms with Crippen molar-refractivity contribution in [3.05, 3.63) is 81.8 Å². The zero-order chi connectivity index (χ0) is 16.2. The van der Waals surface area contributed by atoms with Crippen molar-refractivity contribution < 1.29 is 4.74 Å². The lowest BCUT2D eigenvalue weighted by molar-refractivity contribution is 0.0348. The summed E-state index contributed by atoms with van der Waals surface area (Å²) in [7, 11) is 0. The Morgan fingerprint density at radius 1 is 1.13 bits per heavy atom. The second-order valence-electron chi connectivity index (χ2n) is 6.11. The molecular formula is C20H22BrNO. The second kappa shape index (κ2) is 7.43. The molecule has 1 aliphatic heterocycles. The summed E-state index contributed by atoms with van der Waals surface area (Å²) in [6.07, 6.45) is 2.25. The molecule has 0 bridgehead atoms. The quantitative estimate of drug-likeness (QED) is 0.659. The third-order valence-electron chi connectivity index (χ3n) is 4.18. The second-order valence-corrected chi connectivity index (χ2v) is 6.97. The molecule has 0 spiro atoms. The standard InChI is InChI=1S/C20H22BrNO/c1-15(2)12-13-22-19(16-8-4-3-5-9-16)14-23-20(22)17-10-6-7-11-18(17)21/h3-12,19-20H,13-14H2,1-2H3/t19-,20+/m0/s1. The molecular weight excluding hydrogens is 350 g/mol. The highest BCUT2D eigenvalue weighted by Gasteiger charge is 2.36. The fourth-order valence-electron chi connectivity index (χ4n) is 2.95. The van der Waals surface area contributed by atoms with Crippen molar-refractivity contribution in [1.29, 1.82) is 0 Å². The Kier molecular flexibility index (Phi) is 5.31. The number of hydrogen-bond acceptors (Lipinski definition) is 2. The van der Waals surface area contributed by atoms with Crippen molar-refractivity contribution >= 4 is 15.9 Å². The van der Waals surface area contributed by atoms with Crippen LogP contribution in [0, 0.1) is 0 Å². The SMILES string of the molecule is CC(C)=CCN1[C@@H](c2ccccc2Br)OC[C@H]1c1ccccc1. The Bertz CT molecular complexity index is 679. The minimum Gasteiger partial charge on any atom is -0.357 e. The topological polar surface area (TPSA) is 12.5 Å². The van der Waals surface area contributed by atoms with Gasteiger partial charge in [0.15, 0.2) is 0 Å². The van der Waals surface area contributed by atoms with Crippen LogP contribution in [-0.2, 0) is 4.74 Å². The van der Waals surface area contributed by atoms with Crippen LogP contribution >= 0.6 is 15.9 Å². The predicted octanol–water partition coefficient (Wildman–Crippen LogP) is 5.49. The molecule has 2 aromatic carbocycles. The summed E-state index contributed by atoms with van der Waals surface area (Å²) in [5.74, 6) is 0. The molecule has 120 valence electrons. The monoisotopic (exact) mass is 371 g/mol. The van der Waals surface area contributed by atoms with E-state index >= 15 is 0 Å². The molecule has 0 N–H and O–H groups in total. The van der Waals surface area contributed by atoms with Gasteiger partial charge in [-0.2, -0.15) is 0 Å². The van der Waals surface area contributed by atoms with Crippen LogP contribution in [0.4, 0.5) is 0 Å². The number of allylic oxidation sites excluding steroid dienone is 1. The van der Waals surface area contributed by atoms with Crippen molar-refractivity contribution in [1.82, 2.24) is 4.90 Å². The van der Waals surface area contributed by atoms with Crippen LogP contribution in [0.1, 0.15) is 37.2 Å². The van der Waals surface area contributed by atoms with Gasteiger partial charge in [0.2, 0.25) is 0 Å². The summed E-state index contributed by atoms with van der Waals surface area (Å²) in [5, 5.41) is 0. The summed E-state index contributed by atoms with van der Waals surface area (Å²) < 4.78 is 7.30. The van der Waals surface area contributed by atoms with E-state index in [0.29, 0.717) is 6.61 Å². The van der Waals surface area contributed by atoms with Gasteiger partial charge in [0.25, 0.3) is 0 Å². The molecule has 0 aliphatic carbocycles. The van der Waals surface area contributed by atoms with Crippen LogP contribution in [0.5, 0.6) is 0 Å². The van der Waals surface area contributed by atoms with E-state index in [-0.39, 0.29) is 12.3 Å². The lowest BCUT2D eigenvalue weighted by atomic mass is 10.1. The summed E-state index contributed by atoms with van der Waals surface area (Å²) in [6.45, 7) is 5.88. The predicted molar refractivity (Wildman–Crippen MR) is 98.2 cm³/mol. The number of hydrogen-bond donors (Lipinski definition) is 0. The normalized spacial score (nSPS) is 21.3. The summed E-state index contributed by atoms with van der Waals surface area (Å²) in [4.78, 5) is 2.43. The van der Waals surface area contributed by atoms with Crippen LogP contribution < -0.4 is 0 Å². The van der Waals surface area contributed by atoms with Gasteiger partial charge in [0.1, 0.15) is 6.23 Å². The smallest absolute Gasteiger partial charge is 0.138 e. The van der Waals surface area contributed by atoms with Gasteiger partial charge in [-0.15, -0.1) is 0 Å². The van der Waals surface area contributed by atoms with Crippen molar-refractivity contribution in [2.24, 2.45) is 0 Å². The van der Waals surface area contributed by atoms with Crippen LogP contribution in [0.3, 0.4) is 0 Å². The van der Waals surface area contributed by atoms with Crippen LogP contribution in [0.15, 0.2) is 70.7 Å². The van der Waals surface area contributed by atoms with E-state index in [9.17, 15) is 0 Å². The maximum Gasteiger partial charge on any atom is 0.138 e. The fourth-order valence-corrected chi connectivity index (χ4v) is 3.44. The Hall–Kier alpha value is -1.42. The molecule has 3 rings (SSSR count). The van der Waals surface area contributed by atoms with Gasteiger partial charge in [-0.1, -0.05) is 76.1 Å². The molecule has 0 unspecified atom stereocenters. The average Bonchev–Trinajstić information content (AvgIpc) is 2.98. The molecule has 1 fully saturated rings. The lowest BCUT2D eigenvalue weighted by Crippen LogP contribution is -2.27. The van der Waals surface area contributed by atoms with E-state index in [4.69, 9.17) is 4.74 Å². The van der Waals surface area contributed by atoms with Crippen molar-refractivity contribution in [2.45, 2.75) is 26.1 Å². The van der Waals surface area contributed by atoms with Gasteiger partial charge in [0.05, 0.1) is 12.6 Å². The van der Waals surface area contributed by atoms with Crippen molar-refractivity contribution in [3.8, 4) is 0 Å². The first-order valence-corrected chi connectivity index (χ1v) is 8.76. The Labute approximate surface area is 146 Å². The third-order valence-corrected chi connectivity index (χ3v) is 4.90. The highest BCUT2D eigenvalue weighted by atomic mass is 79.9. The van der Waals surface area contributed by atoms with Crippen molar-refractivity contribution in [3.63, 3.8) is 0 Å². The van der Waals surface area contributed by atoms with Gasteiger partial charge in [-0.25, -0.2) is 0 Å². The van der Waals surface area contributed by atoms with E-state index in [1.165, 1.54) is 16.7 Å². The first-order chi connectivity index (χ1) is 11.2. The zero-order valence-electron chi connectivity index (χ0n) is 13.6. The molecule has 1 saturated heterocycles. The largest absolute Gasteiger partial charge is 0.357 e.